The van der Waals surface area contributed by atoms with Gasteiger partial charge >= 0.3 is 0 Å². The summed E-state index contributed by atoms with van der Waals surface area (Å²) in [5, 5.41) is 0. The van der Waals surface area contributed by atoms with Crippen molar-refractivity contribution in [1.82, 2.24) is 14.8 Å². The first-order chi connectivity index (χ1) is 12.2. The van der Waals surface area contributed by atoms with Crippen molar-refractivity contribution < 1.29 is 4.79 Å². The molecule has 0 atom stereocenters. The van der Waals surface area contributed by atoms with Crippen molar-refractivity contribution in [3.8, 4) is 0 Å². The average molecular weight is 344 g/mol. The second-order valence-corrected chi connectivity index (χ2v) is 7.81. The molecule has 0 unspecified atom stereocenters. The zero-order valence-electron chi connectivity index (χ0n) is 15.8. The molecule has 1 amide bonds. The number of nitrogens with zero attached hydrogens (tertiary/aromatic N) is 3. The van der Waals surface area contributed by atoms with Gasteiger partial charge in [0, 0.05) is 37.3 Å². The zero-order valence-corrected chi connectivity index (χ0v) is 15.8. The number of rotatable bonds is 7. The van der Waals surface area contributed by atoms with Crippen LogP contribution < -0.4 is 0 Å². The Bertz CT molecular complexity index is 531. The summed E-state index contributed by atoms with van der Waals surface area (Å²) in [5.41, 5.74) is 1.58. The number of carbonyl (C=O) groups is 1. The molecule has 0 saturated carbocycles. The molecule has 1 aromatic rings. The second-order valence-electron chi connectivity index (χ2n) is 7.81. The second kappa shape index (κ2) is 8.79. The third kappa shape index (κ3) is 4.60. The van der Waals surface area contributed by atoms with Crippen molar-refractivity contribution in [3.05, 3.63) is 30.1 Å². The predicted molar refractivity (Wildman–Crippen MR) is 102 cm³/mol. The summed E-state index contributed by atoms with van der Waals surface area (Å²) in [6.45, 7) is 7.66. The van der Waals surface area contributed by atoms with E-state index < -0.39 is 0 Å². The first-order valence-electron chi connectivity index (χ1n) is 10.1. The third-order valence-electron chi connectivity index (χ3n) is 6.14. The highest BCUT2D eigenvalue weighted by Crippen LogP contribution is 2.39. The molecular weight excluding hydrogens is 310 g/mol. The molecule has 2 aliphatic heterocycles. The van der Waals surface area contributed by atoms with Gasteiger partial charge in [-0.15, -0.1) is 0 Å². The van der Waals surface area contributed by atoms with Crippen molar-refractivity contribution in [2.24, 2.45) is 0 Å². The summed E-state index contributed by atoms with van der Waals surface area (Å²) in [6.07, 6.45) is 12.9. The molecule has 3 heterocycles. The van der Waals surface area contributed by atoms with Crippen LogP contribution in [0.3, 0.4) is 0 Å². The lowest BCUT2D eigenvalue weighted by molar-refractivity contribution is -0.132. The van der Waals surface area contributed by atoms with Crippen LogP contribution in [0.5, 0.6) is 0 Å². The van der Waals surface area contributed by atoms with E-state index in [1.165, 1.54) is 50.9 Å². The van der Waals surface area contributed by atoms with Crippen LogP contribution in [0.25, 0.3) is 0 Å². The van der Waals surface area contributed by atoms with E-state index in [0.29, 0.717) is 12.3 Å². The molecule has 0 aromatic carbocycles. The minimum atomic E-state index is 0.205. The Morgan fingerprint density at radius 2 is 1.96 bits per heavy atom. The van der Waals surface area contributed by atoms with E-state index in [1.54, 1.807) is 0 Å². The van der Waals surface area contributed by atoms with Crippen LogP contribution in [0.2, 0.25) is 0 Å². The van der Waals surface area contributed by atoms with Crippen LogP contribution in [0.4, 0.5) is 0 Å². The van der Waals surface area contributed by atoms with Crippen molar-refractivity contribution in [3.63, 3.8) is 0 Å². The van der Waals surface area contributed by atoms with Gasteiger partial charge in [0.25, 0.3) is 0 Å². The molecule has 3 rings (SSSR count). The molecule has 4 heteroatoms. The lowest BCUT2D eigenvalue weighted by atomic mass is 9.70. The van der Waals surface area contributed by atoms with E-state index in [4.69, 9.17) is 0 Å². The standard InChI is InChI=1S/C21H33N3O/c1-2-7-20(25)24-16-10-21(11-17-24,19-8-5-12-22-18-19)9-6-15-23-13-3-4-14-23/h5,8,12,18H,2-4,6-7,9-11,13-17H2,1H3. The Labute approximate surface area is 152 Å². The highest BCUT2D eigenvalue weighted by atomic mass is 16.2. The van der Waals surface area contributed by atoms with Gasteiger partial charge in [0.1, 0.15) is 0 Å². The number of hydrogen-bond donors (Lipinski definition) is 0. The number of amides is 1. The zero-order chi connectivity index (χ0) is 17.5. The molecule has 0 N–H and O–H groups in total. The minimum absolute atomic E-state index is 0.205. The minimum Gasteiger partial charge on any atom is -0.343 e. The predicted octanol–water partition coefficient (Wildman–Crippen LogP) is 3.62. The van der Waals surface area contributed by atoms with Gasteiger partial charge in [-0.1, -0.05) is 13.0 Å². The van der Waals surface area contributed by atoms with Crippen LogP contribution in [0.15, 0.2) is 24.5 Å². The lowest BCUT2D eigenvalue weighted by Crippen LogP contribution is -2.45. The first kappa shape index (κ1) is 18.4. The fourth-order valence-electron chi connectivity index (χ4n) is 4.56. The quantitative estimate of drug-likeness (QED) is 0.759. The third-order valence-corrected chi connectivity index (χ3v) is 6.14. The molecule has 0 aliphatic carbocycles. The molecular formula is C21H33N3O. The Morgan fingerprint density at radius 1 is 1.20 bits per heavy atom. The van der Waals surface area contributed by atoms with Crippen LogP contribution >= 0.6 is 0 Å². The van der Waals surface area contributed by atoms with Crippen molar-refractivity contribution in [1.29, 1.82) is 0 Å². The summed E-state index contributed by atoms with van der Waals surface area (Å²) < 4.78 is 0. The monoisotopic (exact) mass is 343 g/mol. The SMILES string of the molecule is CCCC(=O)N1CCC(CCCN2CCCC2)(c2cccnc2)CC1. The lowest BCUT2D eigenvalue weighted by Gasteiger charge is -2.42. The molecule has 0 radical (unpaired) electrons. The summed E-state index contributed by atoms with van der Waals surface area (Å²) in [5.74, 6) is 0.333. The molecule has 138 valence electrons. The van der Waals surface area contributed by atoms with Crippen LogP contribution in [-0.2, 0) is 10.2 Å². The van der Waals surface area contributed by atoms with E-state index in [9.17, 15) is 4.79 Å². The Morgan fingerprint density at radius 3 is 2.60 bits per heavy atom. The Hall–Kier alpha value is -1.42. The topological polar surface area (TPSA) is 36.4 Å². The Kier molecular flexibility index (Phi) is 6.46. The highest BCUT2D eigenvalue weighted by Gasteiger charge is 2.37. The Balaban J connectivity index is 1.63. The maximum atomic E-state index is 12.2. The van der Waals surface area contributed by atoms with Gasteiger partial charge in [-0.05, 0) is 76.2 Å². The normalized spacial score (nSPS) is 20.8. The molecule has 2 fully saturated rings. The van der Waals surface area contributed by atoms with E-state index in [0.717, 1.165) is 32.4 Å². The van der Waals surface area contributed by atoms with Gasteiger partial charge in [-0.3, -0.25) is 9.78 Å². The van der Waals surface area contributed by atoms with Gasteiger partial charge in [0.05, 0.1) is 0 Å². The summed E-state index contributed by atoms with van der Waals surface area (Å²) in [6, 6.07) is 4.30. The maximum absolute atomic E-state index is 12.2. The molecule has 0 spiro atoms. The van der Waals surface area contributed by atoms with Crippen LogP contribution in [0, 0.1) is 0 Å². The molecule has 1 aromatic heterocycles. The van der Waals surface area contributed by atoms with E-state index in [2.05, 4.69) is 40.0 Å². The number of aromatic nitrogens is 1. The fraction of sp³-hybridized carbons (Fsp3) is 0.714. The summed E-state index contributed by atoms with van der Waals surface area (Å²) >= 11 is 0. The van der Waals surface area contributed by atoms with Gasteiger partial charge in [-0.25, -0.2) is 0 Å². The van der Waals surface area contributed by atoms with E-state index in [-0.39, 0.29) is 5.41 Å². The van der Waals surface area contributed by atoms with Gasteiger partial charge in [-0.2, -0.15) is 0 Å². The average Bonchev–Trinajstić information content (AvgIpc) is 3.17. The van der Waals surface area contributed by atoms with Crippen molar-refractivity contribution in [2.75, 3.05) is 32.7 Å². The molecule has 4 nitrogen and oxygen atoms in total. The summed E-state index contributed by atoms with van der Waals surface area (Å²) in [7, 11) is 0. The van der Waals surface area contributed by atoms with Gasteiger partial charge in [0.15, 0.2) is 0 Å². The highest BCUT2D eigenvalue weighted by molar-refractivity contribution is 5.76. The molecule has 2 aliphatic rings. The van der Waals surface area contributed by atoms with Crippen molar-refractivity contribution in [2.45, 2.75) is 63.7 Å². The van der Waals surface area contributed by atoms with Crippen LogP contribution in [0.1, 0.15) is 63.9 Å². The number of carbonyl (C=O) groups excluding carboxylic acids is 1. The first-order valence-corrected chi connectivity index (χ1v) is 10.1. The van der Waals surface area contributed by atoms with Gasteiger partial charge < -0.3 is 9.80 Å². The van der Waals surface area contributed by atoms with E-state index in [1.807, 2.05) is 6.20 Å². The molecule has 25 heavy (non-hydrogen) atoms. The summed E-state index contributed by atoms with van der Waals surface area (Å²) in [4.78, 5) is 21.3. The molecule has 0 bridgehead atoms. The maximum Gasteiger partial charge on any atom is 0.222 e. The fourth-order valence-corrected chi connectivity index (χ4v) is 4.56. The van der Waals surface area contributed by atoms with Crippen molar-refractivity contribution >= 4 is 5.91 Å². The van der Waals surface area contributed by atoms with Crippen LogP contribution in [-0.4, -0.2) is 53.4 Å². The number of piperidine rings is 1. The smallest absolute Gasteiger partial charge is 0.222 e. The number of hydrogen-bond acceptors (Lipinski definition) is 3. The largest absolute Gasteiger partial charge is 0.343 e. The number of likely N-dealkylation sites (tertiary alicyclic amines) is 2. The molecule has 2 saturated heterocycles. The van der Waals surface area contributed by atoms with Gasteiger partial charge in [0.2, 0.25) is 5.91 Å². The van der Waals surface area contributed by atoms with E-state index >= 15 is 0 Å². The number of pyridine rings is 1.